The molecule has 0 aromatic carbocycles. The minimum Gasteiger partial charge on any atom is -0.370 e. The topological polar surface area (TPSA) is 28.2 Å². The first kappa shape index (κ1) is 13.9. The van der Waals surface area contributed by atoms with Crippen LogP contribution in [0, 0.1) is 5.92 Å². The van der Waals surface area contributed by atoms with Crippen LogP contribution in [0.2, 0.25) is 0 Å². The average molecular weight is 273 g/mol. The molecule has 0 spiro atoms. The van der Waals surface area contributed by atoms with Crippen molar-refractivity contribution in [1.29, 1.82) is 0 Å². The van der Waals surface area contributed by atoms with Gasteiger partial charge in [-0.2, -0.15) is 0 Å². The Balaban J connectivity index is 1.70. The van der Waals surface area contributed by atoms with Gasteiger partial charge in [-0.05, 0) is 50.6 Å². The number of anilines is 1. The molecule has 2 atom stereocenters. The van der Waals surface area contributed by atoms with Crippen LogP contribution >= 0.6 is 0 Å². The summed E-state index contributed by atoms with van der Waals surface area (Å²) in [5, 5.41) is 3.47. The maximum Gasteiger partial charge on any atom is 0.130 e. The Morgan fingerprint density at radius 2 is 2.20 bits per heavy atom. The Labute approximate surface area is 122 Å². The molecule has 2 aliphatic rings. The van der Waals surface area contributed by atoms with Gasteiger partial charge < -0.3 is 5.32 Å². The van der Waals surface area contributed by atoms with Gasteiger partial charge in [-0.15, -0.1) is 0 Å². The largest absolute Gasteiger partial charge is 0.370 e. The first-order valence-corrected chi connectivity index (χ1v) is 8.30. The van der Waals surface area contributed by atoms with Crippen molar-refractivity contribution in [2.24, 2.45) is 5.92 Å². The van der Waals surface area contributed by atoms with Crippen molar-refractivity contribution in [3.05, 3.63) is 23.9 Å². The van der Waals surface area contributed by atoms with Gasteiger partial charge in [0.25, 0.3) is 0 Å². The van der Waals surface area contributed by atoms with E-state index in [0.717, 1.165) is 37.3 Å². The molecule has 3 rings (SSSR count). The normalized spacial score (nSPS) is 26.4. The van der Waals surface area contributed by atoms with E-state index in [1.807, 2.05) is 6.20 Å². The Morgan fingerprint density at radius 1 is 1.30 bits per heavy atom. The van der Waals surface area contributed by atoms with Crippen LogP contribution in [0.25, 0.3) is 0 Å². The van der Waals surface area contributed by atoms with Crippen molar-refractivity contribution in [1.82, 2.24) is 9.88 Å². The maximum absolute atomic E-state index is 4.53. The number of nitrogens with zero attached hydrogens (tertiary/aromatic N) is 2. The highest BCUT2D eigenvalue weighted by atomic mass is 15.2. The highest BCUT2D eigenvalue weighted by Gasteiger charge is 2.34. The standard InChI is InChI=1S/C17H27N3/c1-2-10-18-17-15(7-4-11-19-17)13-20-12-5-8-14-6-3-9-16(14)20/h4,7,11,14,16H,2-3,5-6,8-10,12-13H2,1H3,(H,18,19). The lowest BCUT2D eigenvalue weighted by Gasteiger charge is -2.38. The summed E-state index contributed by atoms with van der Waals surface area (Å²) < 4.78 is 0. The van der Waals surface area contributed by atoms with Gasteiger partial charge in [0, 0.05) is 30.9 Å². The third-order valence-corrected chi connectivity index (χ3v) is 4.92. The first-order valence-electron chi connectivity index (χ1n) is 8.30. The zero-order valence-electron chi connectivity index (χ0n) is 12.6. The lowest BCUT2D eigenvalue weighted by molar-refractivity contribution is 0.106. The van der Waals surface area contributed by atoms with E-state index in [-0.39, 0.29) is 0 Å². The van der Waals surface area contributed by atoms with Gasteiger partial charge in [-0.25, -0.2) is 4.98 Å². The number of hydrogen-bond acceptors (Lipinski definition) is 3. The third-order valence-electron chi connectivity index (χ3n) is 4.92. The summed E-state index contributed by atoms with van der Waals surface area (Å²) in [6, 6.07) is 5.15. The number of aromatic nitrogens is 1. The number of pyridine rings is 1. The van der Waals surface area contributed by atoms with Crippen molar-refractivity contribution in [3.63, 3.8) is 0 Å². The fraction of sp³-hybridized carbons (Fsp3) is 0.706. The second-order valence-electron chi connectivity index (χ2n) is 6.31. The average Bonchev–Trinajstić information content (AvgIpc) is 2.96. The molecule has 20 heavy (non-hydrogen) atoms. The fourth-order valence-corrected chi connectivity index (χ4v) is 3.94. The number of piperidine rings is 1. The fourth-order valence-electron chi connectivity index (χ4n) is 3.94. The summed E-state index contributed by atoms with van der Waals surface area (Å²) >= 11 is 0. The Bertz CT molecular complexity index is 432. The van der Waals surface area contributed by atoms with Crippen LogP contribution in [-0.2, 0) is 6.54 Å². The highest BCUT2D eigenvalue weighted by molar-refractivity contribution is 5.43. The van der Waals surface area contributed by atoms with E-state index in [4.69, 9.17) is 0 Å². The zero-order chi connectivity index (χ0) is 13.8. The third kappa shape index (κ3) is 2.98. The number of likely N-dealkylation sites (tertiary alicyclic amines) is 1. The molecular formula is C17H27N3. The van der Waals surface area contributed by atoms with E-state index in [1.165, 1.54) is 44.2 Å². The summed E-state index contributed by atoms with van der Waals surface area (Å²) in [4.78, 5) is 7.25. The van der Waals surface area contributed by atoms with Crippen LogP contribution in [0.15, 0.2) is 18.3 Å². The number of fused-ring (bicyclic) bond motifs is 1. The molecule has 2 unspecified atom stereocenters. The number of nitrogens with one attached hydrogen (secondary N) is 1. The van der Waals surface area contributed by atoms with Crippen LogP contribution in [0.3, 0.4) is 0 Å². The van der Waals surface area contributed by atoms with E-state index < -0.39 is 0 Å². The van der Waals surface area contributed by atoms with Gasteiger partial charge in [0.15, 0.2) is 0 Å². The van der Waals surface area contributed by atoms with Gasteiger partial charge in [0.1, 0.15) is 5.82 Å². The molecule has 3 heteroatoms. The van der Waals surface area contributed by atoms with Gasteiger partial charge >= 0.3 is 0 Å². The predicted octanol–water partition coefficient (Wildman–Crippen LogP) is 3.67. The van der Waals surface area contributed by atoms with Gasteiger partial charge in [0.05, 0.1) is 0 Å². The van der Waals surface area contributed by atoms with Crippen LogP contribution < -0.4 is 5.32 Å². The lowest BCUT2D eigenvalue weighted by atomic mass is 9.91. The van der Waals surface area contributed by atoms with Crippen LogP contribution in [0.4, 0.5) is 5.82 Å². The molecule has 1 aliphatic heterocycles. The second-order valence-corrected chi connectivity index (χ2v) is 6.31. The summed E-state index contributed by atoms with van der Waals surface area (Å²) in [6.45, 7) is 5.55. The summed E-state index contributed by atoms with van der Waals surface area (Å²) in [6.07, 6.45) is 10.2. The summed E-state index contributed by atoms with van der Waals surface area (Å²) in [5.74, 6) is 2.06. The van der Waals surface area contributed by atoms with E-state index in [1.54, 1.807) is 0 Å². The SMILES string of the molecule is CCCNc1ncccc1CN1CCCC2CCCC21. The van der Waals surface area contributed by atoms with Crippen molar-refractivity contribution >= 4 is 5.82 Å². The molecule has 2 fully saturated rings. The molecular weight excluding hydrogens is 246 g/mol. The monoisotopic (exact) mass is 273 g/mol. The molecule has 0 bridgehead atoms. The molecule has 3 nitrogen and oxygen atoms in total. The maximum atomic E-state index is 4.53. The van der Waals surface area contributed by atoms with Crippen LogP contribution in [0.1, 0.15) is 51.0 Å². The highest BCUT2D eigenvalue weighted by Crippen LogP contribution is 2.37. The molecule has 1 saturated heterocycles. The van der Waals surface area contributed by atoms with E-state index in [2.05, 4.69) is 34.3 Å². The molecule has 1 aliphatic carbocycles. The number of hydrogen-bond donors (Lipinski definition) is 1. The quantitative estimate of drug-likeness (QED) is 0.887. The van der Waals surface area contributed by atoms with Crippen LogP contribution in [-0.4, -0.2) is 29.0 Å². The molecule has 0 amide bonds. The minimum absolute atomic E-state index is 0.836. The van der Waals surface area contributed by atoms with Crippen molar-refractivity contribution < 1.29 is 0 Å². The van der Waals surface area contributed by atoms with Crippen molar-refractivity contribution in [2.45, 2.75) is 58.0 Å². The van der Waals surface area contributed by atoms with Gasteiger partial charge in [-0.1, -0.05) is 19.4 Å². The molecule has 0 radical (unpaired) electrons. The molecule has 1 aromatic rings. The smallest absolute Gasteiger partial charge is 0.130 e. The second kappa shape index (κ2) is 6.57. The minimum atomic E-state index is 0.836. The Morgan fingerprint density at radius 3 is 3.10 bits per heavy atom. The zero-order valence-corrected chi connectivity index (χ0v) is 12.6. The Hall–Kier alpha value is -1.09. The Kier molecular flexibility index (Phi) is 4.56. The van der Waals surface area contributed by atoms with Gasteiger partial charge in [-0.3, -0.25) is 4.90 Å². The van der Waals surface area contributed by atoms with Crippen molar-refractivity contribution in [3.8, 4) is 0 Å². The molecule has 2 heterocycles. The summed E-state index contributed by atoms with van der Waals surface area (Å²) in [7, 11) is 0. The summed E-state index contributed by atoms with van der Waals surface area (Å²) in [5.41, 5.74) is 1.37. The molecule has 1 saturated carbocycles. The van der Waals surface area contributed by atoms with E-state index >= 15 is 0 Å². The molecule has 1 aromatic heterocycles. The predicted molar refractivity (Wildman–Crippen MR) is 83.8 cm³/mol. The molecule has 1 N–H and O–H groups in total. The van der Waals surface area contributed by atoms with Gasteiger partial charge in [0.2, 0.25) is 0 Å². The van der Waals surface area contributed by atoms with E-state index in [0.29, 0.717) is 0 Å². The molecule has 110 valence electrons. The first-order chi connectivity index (χ1) is 9.88. The van der Waals surface area contributed by atoms with E-state index in [9.17, 15) is 0 Å². The van der Waals surface area contributed by atoms with Crippen molar-refractivity contribution in [2.75, 3.05) is 18.4 Å². The van der Waals surface area contributed by atoms with Crippen LogP contribution in [0.5, 0.6) is 0 Å². The lowest BCUT2D eigenvalue weighted by Crippen LogP contribution is -2.42. The number of rotatable bonds is 5.